The van der Waals surface area contributed by atoms with Crippen molar-refractivity contribution >= 4 is 23.2 Å². The zero-order valence-corrected chi connectivity index (χ0v) is 18.2. The molecule has 0 radical (unpaired) electrons. The highest BCUT2D eigenvalue weighted by atomic mass is 35.5. The number of pyridine rings is 1. The zero-order valence-electron chi connectivity index (χ0n) is 17.5. The second-order valence-corrected chi connectivity index (χ2v) is 7.77. The molecule has 162 valence electrons. The Hall–Kier alpha value is -3.71. The first-order valence-corrected chi connectivity index (χ1v) is 10.3. The van der Waals surface area contributed by atoms with E-state index >= 15 is 0 Å². The molecule has 0 aliphatic rings. The van der Waals surface area contributed by atoms with E-state index in [1.54, 1.807) is 49.0 Å². The molecule has 0 saturated carbocycles. The minimum Gasteiger partial charge on any atom is -0.321 e. The first kappa shape index (κ1) is 21.5. The summed E-state index contributed by atoms with van der Waals surface area (Å²) in [5.41, 5.74) is 3.28. The van der Waals surface area contributed by atoms with Crippen LogP contribution >= 0.6 is 11.6 Å². The molecule has 0 aliphatic carbocycles. The number of carbonyl (C=O) groups is 1. The normalized spacial score (nSPS) is 10.9. The van der Waals surface area contributed by atoms with Crippen molar-refractivity contribution in [3.8, 4) is 5.69 Å². The Balaban J connectivity index is 1.60. The Morgan fingerprint density at radius 3 is 2.50 bits per heavy atom. The molecule has 8 heteroatoms. The van der Waals surface area contributed by atoms with Gasteiger partial charge in [-0.25, -0.2) is 9.07 Å². The molecule has 32 heavy (non-hydrogen) atoms. The van der Waals surface area contributed by atoms with Gasteiger partial charge in [-0.15, -0.1) is 0 Å². The lowest BCUT2D eigenvalue weighted by Crippen LogP contribution is -2.21. The Kier molecular flexibility index (Phi) is 5.92. The van der Waals surface area contributed by atoms with Gasteiger partial charge in [0.2, 0.25) is 0 Å². The van der Waals surface area contributed by atoms with Crippen LogP contribution in [0.15, 0.2) is 71.7 Å². The van der Waals surface area contributed by atoms with Crippen LogP contribution in [0.5, 0.6) is 0 Å². The zero-order chi connectivity index (χ0) is 22.8. The van der Waals surface area contributed by atoms with Crippen molar-refractivity contribution in [2.45, 2.75) is 20.4 Å². The molecule has 4 rings (SSSR count). The van der Waals surface area contributed by atoms with Crippen LogP contribution in [0.3, 0.4) is 0 Å². The summed E-state index contributed by atoms with van der Waals surface area (Å²) in [4.78, 5) is 25.3. The molecule has 2 aromatic heterocycles. The lowest BCUT2D eigenvalue weighted by molar-refractivity contribution is 0.102. The average molecular weight is 451 g/mol. The van der Waals surface area contributed by atoms with Crippen molar-refractivity contribution in [2.24, 2.45) is 0 Å². The van der Waals surface area contributed by atoms with E-state index in [0.29, 0.717) is 33.3 Å². The third kappa shape index (κ3) is 4.33. The number of halogens is 2. The standard InChI is InChI=1S/C24H20ClFN4O2/c1-15-23(16(2)30(28-15)20-10-7-18(26)8-11-20)24(32)27-19-9-12-22(31)29(14-19)13-17-5-3-4-6-21(17)25/h3-12,14H,13H2,1-2H3,(H,27,32). The Labute approximate surface area is 188 Å². The lowest BCUT2D eigenvalue weighted by atomic mass is 10.1. The number of anilines is 1. The summed E-state index contributed by atoms with van der Waals surface area (Å²) in [5.74, 6) is -0.698. The number of rotatable bonds is 5. The molecule has 1 amide bonds. The average Bonchev–Trinajstić information content (AvgIpc) is 3.06. The van der Waals surface area contributed by atoms with Gasteiger partial charge in [-0.2, -0.15) is 5.10 Å². The highest BCUT2D eigenvalue weighted by Gasteiger charge is 2.20. The van der Waals surface area contributed by atoms with Gasteiger partial charge in [-0.1, -0.05) is 29.8 Å². The Morgan fingerprint density at radius 2 is 1.78 bits per heavy atom. The summed E-state index contributed by atoms with van der Waals surface area (Å²) < 4.78 is 16.3. The third-order valence-corrected chi connectivity index (χ3v) is 5.50. The lowest BCUT2D eigenvalue weighted by Gasteiger charge is -2.11. The van der Waals surface area contributed by atoms with Crippen molar-refractivity contribution in [3.63, 3.8) is 0 Å². The summed E-state index contributed by atoms with van der Waals surface area (Å²) in [7, 11) is 0. The second kappa shape index (κ2) is 8.80. The van der Waals surface area contributed by atoms with Gasteiger partial charge >= 0.3 is 0 Å². The van der Waals surface area contributed by atoms with E-state index in [1.165, 1.54) is 22.8 Å². The molecule has 0 unspecified atom stereocenters. The number of benzene rings is 2. The second-order valence-electron chi connectivity index (χ2n) is 7.36. The van der Waals surface area contributed by atoms with Gasteiger partial charge in [0.25, 0.3) is 11.5 Å². The van der Waals surface area contributed by atoms with Gasteiger partial charge in [0.05, 0.1) is 34.9 Å². The molecule has 0 spiro atoms. The fourth-order valence-electron chi connectivity index (χ4n) is 3.54. The number of hydrogen-bond donors (Lipinski definition) is 1. The molecule has 0 fully saturated rings. The highest BCUT2D eigenvalue weighted by molar-refractivity contribution is 6.31. The molecule has 4 aromatic rings. The van der Waals surface area contributed by atoms with E-state index in [-0.39, 0.29) is 23.8 Å². The number of nitrogens with zero attached hydrogens (tertiary/aromatic N) is 3. The van der Waals surface area contributed by atoms with E-state index < -0.39 is 0 Å². The first-order valence-electron chi connectivity index (χ1n) is 9.91. The largest absolute Gasteiger partial charge is 0.321 e. The van der Waals surface area contributed by atoms with E-state index in [1.807, 2.05) is 18.2 Å². The maximum absolute atomic E-state index is 13.3. The predicted octanol–water partition coefficient (Wildman–Crippen LogP) is 4.74. The van der Waals surface area contributed by atoms with Crippen LogP contribution in [0.25, 0.3) is 5.69 Å². The van der Waals surface area contributed by atoms with Gasteiger partial charge in [0.1, 0.15) is 5.82 Å². The smallest absolute Gasteiger partial charge is 0.259 e. The first-order chi connectivity index (χ1) is 15.3. The minimum atomic E-state index is -0.351. The van der Waals surface area contributed by atoms with Gasteiger partial charge in [-0.05, 0) is 55.8 Å². The fraction of sp³-hybridized carbons (Fsp3) is 0.125. The van der Waals surface area contributed by atoms with E-state index in [0.717, 1.165) is 5.56 Å². The Morgan fingerprint density at radius 1 is 1.06 bits per heavy atom. The van der Waals surface area contributed by atoms with E-state index in [2.05, 4.69) is 10.4 Å². The predicted molar refractivity (Wildman–Crippen MR) is 122 cm³/mol. The molecule has 0 saturated heterocycles. The van der Waals surface area contributed by atoms with Crippen LogP contribution in [0.1, 0.15) is 27.3 Å². The molecule has 0 bridgehead atoms. The van der Waals surface area contributed by atoms with Crippen LogP contribution in [-0.2, 0) is 6.54 Å². The monoisotopic (exact) mass is 450 g/mol. The summed E-state index contributed by atoms with van der Waals surface area (Å²) in [6, 6.07) is 16.1. The van der Waals surface area contributed by atoms with Crippen molar-refractivity contribution < 1.29 is 9.18 Å². The molecule has 2 aromatic carbocycles. The number of amides is 1. The van der Waals surface area contributed by atoms with E-state index in [4.69, 9.17) is 11.6 Å². The van der Waals surface area contributed by atoms with Crippen molar-refractivity contribution in [2.75, 3.05) is 5.32 Å². The van der Waals surface area contributed by atoms with Crippen molar-refractivity contribution in [1.29, 1.82) is 0 Å². The summed E-state index contributed by atoms with van der Waals surface area (Å²) in [6.07, 6.45) is 1.58. The molecule has 0 atom stereocenters. The molecular formula is C24H20ClFN4O2. The number of carbonyl (C=O) groups excluding carboxylic acids is 1. The highest BCUT2D eigenvalue weighted by Crippen LogP contribution is 2.20. The van der Waals surface area contributed by atoms with Crippen LogP contribution in [-0.4, -0.2) is 20.3 Å². The third-order valence-electron chi connectivity index (χ3n) is 5.13. The van der Waals surface area contributed by atoms with Crippen molar-refractivity contribution in [1.82, 2.24) is 14.3 Å². The molecule has 1 N–H and O–H groups in total. The maximum atomic E-state index is 13.3. The van der Waals surface area contributed by atoms with Gasteiger partial charge in [-0.3, -0.25) is 9.59 Å². The topological polar surface area (TPSA) is 68.9 Å². The van der Waals surface area contributed by atoms with Gasteiger partial charge < -0.3 is 9.88 Å². The summed E-state index contributed by atoms with van der Waals surface area (Å²) in [5, 5.41) is 7.83. The van der Waals surface area contributed by atoms with E-state index in [9.17, 15) is 14.0 Å². The number of aryl methyl sites for hydroxylation is 1. The number of aromatic nitrogens is 3. The molecular weight excluding hydrogens is 431 g/mol. The van der Waals surface area contributed by atoms with Crippen LogP contribution < -0.4 is 10.9 Å². The number of nitrogens with one attached hydrogen (secondary N) is 1. The SMILES string of the molecule is Cc1nn(-c2ccc(F)cc2)c(C)c1C(=O)Nc1ccc(=O)n(Cc2ccccc2Cl)c1. The van der Waals surface area contributed by atoms with Gasteiger partial charge in [0, 0.05) is 17.3 Å². The van der Waals surface area contributed by atoms with Crippen LogP contribution in [0.4, 0.5) is 10.1 Å². The summed E-state index contributed by atoms with van der Waals surface area (Å²) in [6.45, 7) is 3.79. The quantitative estimate of drug-likeness (QED) is 0.477. The van der Waals surface area contributed by atoms with Gasteiger partial charge in [0.15, 0.2) is 0 Å². The molecule has 0 aliphatic heterocycles. The van der Waals surface area contributed by atoms with Crippen molar-refractivity contribution in [3.05, 3.63) is 111 Å². The van der Waals surface area contributed by atoms with Crippen LogP contribution in [0, 0.1) is 19.7 Å². The number of hydrogen-bond acceptors (Lipinski definition) is 3. The maximum Gasteiger partial charge on any atom is 0.259 e. The molecule has 6 nitrogen and oxygen atoms in total. The summed E-state index contributed by atoms with van der Waals surface area (Å²) >= 11 is 6.21. The van der Waals surface area contributed by atoms with Crippen LogP contribution in [0.2, 0.25) is 5.02 Å². The molecule has 2 heterocycles. The minimum absolute atomic E-state index is 0.209. The Bertz CT molecular complexity index is 1360. The fourth-order valence-corrected chi connectivity index (χ4v) is 3.73.